The Labute approximate surface area is 76.3 Å². The fourth-order valence-electron chi connectivity index (χ4n) is 1.25. The minimum absolute atomic E-state index is 0.400. The molecule has 0 N–H and O–H groups in total. The van der Waals surface area contributed by atoms with Crippen LogP contribution in [0.2, 0.25) is 0 Å². The molecule has 0 saturated heterocycles. The van der Waals surface area contributed by atoms with Gasteiger partial charge in [-0.1, -0.05) is 26.2 Å². The van der Waals surface area contributed by atoms with E-state index in [1.54, 1.807) is 14.2 Å². The number of hydrogen-bond acceptors (Lipinski definition) is 2. The molecule has 0 aromatic heterocycles. The van der Waals surface area contributed by atoms with Crippen molar-refractivity contribution >= 4 is 0 Å². The first-order chi connectivity index (χ1) is 5.85. The summed E-state index contributed by atoms with van der Waals surface area (Å²) in [5.41, 5.74) is 0. The Hall–Kier alpha value is -0.0800. The van der Waals surface area contributed by atoms with Crippen molar-refractivity contribution in [2.45, 2.75) is 45.1 Å². The van der Waals surface area contributed by atoms with Gasteiger partial charge in [0, 0.05) is 20.8 Å². The van der Waals surface area contributed by atoms with Crippen LogP contribution in [0.5, 0.6) is 0 Å². The van der Waals surface area contributed by atoms with Crippen LogP contribution in [-0.2, 0) is 9.47 Å². The lowest BCUT2D eigenvalue weighted by molar-refractivity contribution is 0.0591. The molecule has 0 aromatic carbocycles. The highest BCUT2D eigenvalue weighted by atomic mass is 16.5. The summed E-state index contributed by atoms with van der Waals surface area (Å²) >= 11 is 0. The van der Waals surface area contributed by atoms with Gasteiger partial charge < -0.3 is 9.47 Å². The van der Waals surface area contributed by atoms with Crippen LogP contribution in [0.4, 0.5) is 0 Å². The molecule has 12 heavy (non-hydrogen) atoms. The fraction of sp³-hybridized carbons (Fsp3) is 1.00. The van der Waals surface area contributed by atoms with Crippen LogP contribution in [-0.4, -0.2) is 26.9 Å². The van der Waals surface area contributed by atoms with Crippen molar-refractivity contribution in [3.05, 3.63) is 0 Å². The van der Waals surface area contributed by atoms with E-state index in [9.17, 15) is 0 Å². The second-order valence-corrected chi connectivity index (χ2v) is 3.13. The summed E-state index contributed by atoms with van der Waals surface area (Å²) < 4.78 is 10.3. The number of methoxy groups -OCH3 is 2. The van der Waals surface area contributed by atoms with Crippen LogP contribution in [0.25, 0.3) is 0 Å². The Balaban J connectivity index is 3.26. The minimum Gasteiger partial charge on any atom is -0.385 e. The van der Waals surface area contributed by atoms with Crippen molar-refractivity contribution in [2.75, 3.05) is 20.8 Å². The molecule has 2 nitrogen and oxygen atoms in total. The molecule has 0 radical (unpaired) electrons. The fourth-order valence-corrected chi connectivity index (χ4v) is 1.25. The summed E-state index contributed by atoms with van der Waals surface area (Å²) in [5, 5.41) is 0. The van der Waals surface area contributed by atoms with Crippen LogP contribution in [0.1, 0.15) is 39.0 Å². The first-order valence-corrected chi connectivity index (χ1v) is 4.86. The zero-order chi connectivity index (χ0) is 9.23. The maximum Gasteiger partial charge on any atom is 0.0593 e. The maximum absolute atomic E-state index is 5.32. The molecule has 0 rings (SSSR count). The van der Waals surface area contributed by atoms with E-state index in [2.05, 4.69) is 6.92 Å². The van der Waals surface area contributed by atoms with Crippen molar-refractivity contribution in [1.82, 2.24) is 0 Å². The van der Waals surface area contributed by atoms with Gasteiger partial charge in [0.2, 0.25) is 0 Å². The Morgan fingerprint density at radius 2 is 1.83 bits per heavy atom. The summed E-state index contributed by atoms with van der Waals surface area (Å²) in [5.74, 6) is 0. The van der Waals surface area contributed by atoms with Crippen molar-refractivity contribution < 1.29 is 9.47 Å². The average Bonchev–Trinajstić information content (AvgIpc) is 2.11. The van der Waals surface area contributed by atoms with Crippen LogP contribution in [0, 0.1) is 0 Å². The summed E-state index contributed by atoms with van der Waals surface area (Å²) in [6.45, 7) is 3.03. The number of hydrogen-bond donors (Lipinski definition) is 0. The summed E-state index contributed by atoms with van der Waals surface area (Å²) in [4.78, 5) is 0. The molecular formula is C10H22O2. The Bertz CT molecular complexity index is 83.9. The molecule has 0 heterocycles. The lowest BCUT2D eigenvalue weighted by Gasteiger charge is -2.13. The van der Waals surface area contributed by atoms with Gasteiger partial charge in [0.15, 0.2) is 0 Å². The Morgan fingerprint density at radius 1 is 1.08 bits per heavy atom. The molecule has 2 heteroatoms. The first kappa shape index (κ1) is 11.9. The van der Waals surface area contributed by atoms with Gasteiger partial charge in [0.05, 0.1) is 6.10 Å². The van der Waals surface area contributed by atoms with Crippen molar-refractivity contribution in [1.29, 1.82) is 0 Å². The van der Waals surface area contributed by atoms with Gasteiger partial charge in [-0.15, -0.1) is 0 Å². The molecule has 0 aliphatic carbocycles. The predicted molar refractivity (Wildman–Crippen MR) is 51.4 cm³/mol. The third-order valence-electron chi connectivity index (χ3n) is 2.11. The molecular weight excluding hydrogens is 152 g/mol. The van der Waals surface area contributed by atoms with Gasteiger partial charge in [0.25, 0.3) is 0 Å². The SMILES string of the molecule is CCCCCC(CCOC)OC. The van der Waals surface area contributed by atoms with Gasteiger partial charge >= 0.3 is 0 Å². The second-order valence-electron chi connectivity index (χ2n) is 3.13. The monoisotopic (exact) mass is 174 g/mol. The zero-order valence-corrected chi connectivity index (χ0v) is 8.64. The predicted octanol–water partition coefficient (Wildman–Crippen LogP) is 2.62. The number of rotatable bonds is 8. The number of unbranched alkanes of at least 4 members (excludes halogenated alkanes) is 2. The van der Waals surface area contributed by atoms with Crippen molar-refractivity contribution in [3.8, 4) is 0 Å². The molecule has 0 amide bonds. The third kappa shape index (κ3) is 6.62. The molecule has 1 unspecified atom stereocenters. The summed E-state index contributed by atoms with van der Waals surface area (Å²) in [6, 6.07) is 0. The molecule has 0 aliphatic rings. The second kappa shape index (κ2) is 9.01. The quantitative estimate of drug-likeness (QED) is 0.527. The highest BCUT2D eigenvalue weighted by Gasteiger charge is 2.05. The van der Waals surface area contributed by atoms with E-state index in [0.717, 1.165) is 13.0 Å². The smallest absolute Gasteiger partial charge is 0.0593 e. The molecule has 1 atom stereocenters. The van der Waals surface area contributed by atoms with E-state index in [1.165, 1.54) is 25.7 Å². The van der Waals surface area contributed by atoms with E-state index in [1.807, 2.05) is 0 Å². The van der Waals surface area contributed by atoms with E-state index in [-0.39, 0.29) is 0 Å². The molecule has 74 valence electrons. The zero-order valence-electron chi connectivity index (χ0n) is 8.64. The summed E-state index contributed by atoms with van der Waals surface area (Å²) in [6.07, 6.45) is 6.47. The average molecular weight is 174 g/mol. The van der Waals surface area contributed by atoms with E-state index >= 15 is 0 Å². The number of ether oxygens (including phenoxy) is 2. The minimum atomic E-state index is 0.400. The van der Waals surface area contributed by atoms with Crippen LogP contribution in [0.15, 0.2) is 0 Å². The molecule has 0 spiro atoms. The largest absolute Gasteiger partial charge is 0.385 e. The van der Waals surface area contributed by atoms with E-state index < -0.39 is 0 Å². The Morgan fingerprint density at radius 3 is 2.33 bits per heavy atom. The van der Waals surface area contributed by atoms with Crippen molar-refractivity contribution in [2.24, 2.45) is 0 Å². The molecule has 0 bridgehead atoms. The lowest BCUT2D eigenvalue weighted by atomic mass is 10.1. The van der Waals surface area contributed by atoms with Gasteiger partial charge in [-0.05, 0) is 12.8 Å². The molecule has 0 aliphatic heterocycles. The van der Waals surface area contributed by atoms with Gasteiger partial charge in [-0.2, -0.15) is 0 Å². The van der Waals surface area contributed by atoms with Gasteiger partial charge in [-0.25, -0.2) is 0 Å². The topological polar surface area (TPSA) is 18.5 Å². The molecule has 0 saturated carbocycles. The standard InChI is InChI=1S/C10H22O2/c1-4-5-6-7-10(12-3)8-9-11-2/h10H,4-9H2,1-3H3. The molecule has 0 aromatic rings. The van der Waals surface area contributed by atoms with Gasteiger partial charge in [-0.3, -0.25) is 0 Å². The Kier molecular flexibility index (Phi) is 8.95. The highest BCUT2D eigenvalue weighted by molar-refractivity contribution is 4.57. The highest BCUT2D eigenvalue weighted by Crippen LogP contribution is 2.09. The van der Waals surface area contributed by atoms with E-state index in [4.69, 9.17) is 9.47 Å². The summed E-state index contributed by atoms with van der Waals surface area (Å²) in [7, 11) is 3.52. The van der Waals surface area contributed by atoms with Gasteiger partial charge in [0.1, 0.15) is 0 Å². The lowest BCUT2D eigenvalue weighted by Crippen LogP contribution is -2.12. The van der Waals surface area contributed by atoms with E-state index in [0.29, 0.717) is 6.10 Å². The van der Waals surface area contributed by atoms with Crippen LogP contribution in [0.3, 0.4) is 0 Å². The maximum atomic E-state index is 5.32. The van der Waals surface area contributed by atoms with Crippen LogP contribution < -0.4 is 0 Å². The normalized spacial score (nSPS) is 13.2. The van der Waals surface area contributed by atoms with Crippen LogP contribution >= 0.6 is 0 Å². The third-order valence-corrected chi connectivity index (χ3v) is 2.11. The van der Waals surface area contributed by atoms with Crippen molar-refractivity contribution in [3.63, 3.8) is 0 Å². The molecule has 0 fully saturated rings. The first-order valence-electron chi connectivity index (χ1n) is 4.86.